The van der Waals surface area contributed by atoms with Crippen LogP contribution in [0.5, 0.6) is 0 Å². The molecule has 20 heavy (non-hydrogen) atoms. The first kappa shape index (κ1) is 14.4. The van der Waals surface area contributed by atoms with Crippen LogP contribution in [0.2, 0.25) is 0 Å². The van der Waals surface area contributed by atoms with Gasteiger partial charge in [0.05, 0.1) is 5.69 Å². The summed E-state index contributed by atoms with van der Waals surface area (Å²) in [4.78, 5) is 19.0. The van der Waals surface area contributed by atoms with Crippen molar-refractivity contribution >= 4 is 11.8 Å². The Balaban J connectivity index is 2.86. The molecular formula is C15H15N3OS. The molecule has 0 aliphatic carbocycles. The molecular weight excluding hydrogens is 270 g/mol. The molecule has 0 bridgehead atoms. The summed E-state index contributed by atoms with van der Waals surface area (Å²) < 4.78 is 0. The fourth-order valence-electron chi connectivity index (χ4n) is 2.39. The van der Waals surface area contributed by atoms with Gasteiger partial charge in [-0.15, -0.1) is 0 Å². The fraction of sp³-hybridized carbons (Fsp3) is 0.267. The predicted molar refractivity (Wildman–Crippen MR) is 81.0 cm³/mol. The smallest absolute Gasteiger partial charge is 0.270 e. The molecule has 102 valence electrons. The van der Waals surface area contributed by atoms with Crippen LogP contribution in [0, 0.1) is 32.1 Å². The topological polar surface area (TPSA) is 69.5 Å². The maximum Gasteiger partial charge on any atom is 0.270 e. The first-order valence-corrected chi connectivity index (χ1v) is 7.37. The van der Waals surface area contributed by atoms with E-state index in [0.717, 1.165) is 22.3 Å². The van der Waals surface area contributed by atoms with Crippen molar-refractivity contribution in [2.24, 2.45) is 0 Å². The lowest BCUT2D eigenvalue weighted by molar-refractivity contribution is 0.935. The van der Waals surface area contributed by atoms with Crippen molar-refractivity contribution in [1.82, 2.24) is 9.97 Å². The minimum absolute atomic E-state index is 0.0675. The lowest BCUT2D eigenvalue weighted by atomic mass is 9.95. The fourth-order valence-corrected chi connectivity index (χ4v) is 2.76. The highest BCUT2D eigenvalue weighted by molar-refractivity contribution is 7.98. The molecule has 2 rings (SSSR count). The summed E-state index contributed by atoms with van der Waals surface area (Å²) in [6.07, 6.45) is 1.84. The highest BCUT2D eigenvalue weighted by atomic mass is 32.2. The van der Waals surface area contributed by atoms with Gasteiger partial charge in [0.15, 0.2) is 5.16 Å². The van der Waals surface area contributed by atoms with Gasteiger partial charge in [-0.05, 0) is 38.2 Å². The number of nitrogens with zero attached hydrogens (tertiary/aromatic N) is 2. The molecule has 1 heterocycles. The average molecular weight is 285 g/mol. The molecule has 2 aromatic rings. The predicted octanol–water partition coefficient (Wildman–Crippen LogP) is 2.96. The third-order valence-corrected chi connectivity index (χ3v) is 3.70. The number of hydrogen-bond acceptors (Lipinski definition) is 4. The number of thioether (sulfide) groups is 1. The molecule has 0 aliphatic rings. The number of aromatic amines is 1. The highest BCUT2D eigenvalue weighted by Gasteiger charge is 2.17. The molecule has 1 N–H and O–H groups in total. The maximum absolute atomic E-state index is 12.0. The second-order valence-corrected chi connectivity index (χ2v) is 5.48. The molecule has 5 heteroatoms. The van der Waals surface area contributed by atoms with Gasteiger partial charge in [0.25, 0.3) is 5.56 Å². The van der Waals surface area contributed by atoms with Crippen LogP contribution in [0.25, 0.3) is 11.3 Å². The largest absolute Gasteiger partial charge is 0.300 e. The molecule has 0 aliphatic heterocycles. The van der Waals surface area contributed by atoms with Crippen molar-refractivity contribution < 1.29 is 0 Å². The van der Waals surface area contributed by atoms with E-state index in [4.69, 9.17) is 0 Å². The minimum Gasteiger partial charge on any atom is -0.300 e. The van der Waals surface area contributed by atoms with Crippen molar-refractivity contribution in [1.29, 1.82) is 5.26 Å². The Morgan fingerprint density at radius 3 is 2.35 bits per heavy atom. The van der Waals surface area contributed by atoms with Gasteiger partial charge in [-0.3, -0.25) is 4.79 Å². The van der Waals surface area contributed by atoms with Crippen LogP contribution in [0.4, 0.5) is 0 Å². The van der Waals surface area contributed by atoms with Crippen LogP contribution >= 0.6 is 11.8 Å². The van der Waals surface area contributed by atoms with Crippen LogP contribution in [0.1, 0.15) is 22.3 Å². The van der Waals surface area contributed by atoms with Crippen molar-refractivity contribution in [2.45, 2.75) is 25.9 Å². The van der Waals surface area contributed by atoms with Gasteiger partial charge in [-0.25, -0.2) is 4.98 Å². The molecule has 0 saturated heterocycles. The van der Waals surface area contributed by atoms with Crippen LogP contribution < -0.4 is 5.56 Å². The van der Waals surface area contributed by atoms with Gasteiger partial charge in [0.2, 0.25) is 0 Å². The number of aromatic nitrogens is 2. The van der Waals surface area contributed by atoms with E-state index in [1.165, 1.54) is 11.8 Å². The summed E-state index contributed by atoms with van der Waals surface area (Å²) in [6, 6.07) is 6.03. The van der Waals surface area contributed by atoms with Gasteiger partial charge in [0, 0.05) is 5.56 Å². The quantitative estimate of drug-likeness (QED) is 0.680. The highest BCUT2D eigenvalue weighted by Crippen LogP contribution is 2.29. The number of aryl methyl sites for hydroxylation is 3. The van der Waals surface area contributed by atoms with E-state index in [1.807, 2.05) is 45.2 Å². The molecule has 0 amide bonds. The molecule has 0 unspecified atom stereocenters. The normalized spacial score (nSPS) is 10.3. The number of rotatable bonds is 2. The molecule has 1 aromatic carbocycles. The Labute approximate surface area is 121 Å². The second-order valence-electron chi connectivity index (χ2n) is 4.68. The number of hydrogen-bond donors (Lipinski definition) is 1. The van der Waals surface area contributed by atoms with Crippen molar-refractivity contribution in [3.63, 3.8) is 0 Å². The third kappa shape index (κ3) is 2.47. The van der Waals surface area contributed by atoms with Gasteiger partial charge in [-0.2, -0.15) is 5.26 Å². The SMILES string of the molecule is CSc1nc(-c2c(C)cc(C)cc2C)c(C#N)c(=O)[nH]1. The van der Waals surface area contributed by atoms with E-state index >= 15 is 0 Å². The monoisotopic (exact) mass is 285 g/mol. The van der Waals surface area contributed by atoms with Gasteiger partial charge in [-0.1, -0.05) is 29.5 Å². The van der Waals surface area contributed by atoms with Crippen molar-refractivity contribution in [3.8, 4) is 17.3 Å². The summed E-state index contributed by atoms with van der Waals surface area (Å²) in [5.74, 6) is 0. The average Bonchev–Trinajstić information content (AvgIpc) is 2.37. The Morgan fingerprint density at radius 2 is 1.85 bits per heavy atom. The molecule has 0 spiro atoms. The number of benzene rings is 1. The summed E-state index contributed by atoms with van der Waals surface area (Å²) in [6.45, 7) is 5.96. The Kier molecular flexibility index (Phi) is 3.96. The zero-order chi connectivity index (χ0) is 14.9. The van der Waals surface area contributed by atoms with Gasteiger partial charge in [0.1, 0.15) is 11.6 Å². The molecule has 0 saturated carbocycles. The van der Waals surface area contributed by atoms with Crippen LogP contribution in [0.15, 0.2) is 22.1 Å². The van der Waals surface area contributed by atoms with Crippen molar-refractivity contribution in [2.75, 3.05) is 6.26 Å². The molecule has 1 aromatic heterocycles. The summed E-state index contributed by atoms with van der Waals surface area (Å²) in [7, 11) is 0. The van der Waals surface area contributed by atoms with E-state index in [0.29, 0.717) is 10.9 Å². The summed E-state index contributed by atoms with van der Waals surface area (Å²) in [5, 5.41) is 9.76. The third-order valence-electron chi connectivity index (χ3n) is 3.12. The zero-order valence-corrected chi connectivity index (χ0v) is 12.7. The van der Waals surface area contributed by atoms with E-state index in [-0.39, 0.29) is 11.1 Å². The van der Waals surface area contributed by atoms with Gasteiger partial charge < -0.3 is 4.98 Å². The lowest BCUT2D eigenvalue weighted by Crippen LogP contribution is -2.15. The standard InChI is InChI=1S/C15H15N3OS/c1-8-5-9(2)12(10(3)6-8)13-11(7-16)14(19)18-15(17-13)20-4/h5-6H,1-4H3,(H,17,18,19). The number of nitriles is 1. The van der Waals surface area contributed by atoms with E-state index in [9.17, 15) is 10.1 Å². The van der Waals surface area contributed by atoms with Crippen LogP contribution in [-0.4, -0.2) is 16.2 Å². The number of H-pyrrole nitrogens is 1. The first-order valence-electron chi connectivity index (χ1n) is 6.14. The number of nitrogens with one attached hydrogen (secondary N) is 1. The van der Waals surface area contributed by atoms with Crippen LogP contribution in [0.3, 0.4) is 0 Å². The molecule has 0 atom stereocenters. The zero-order valence-electron chi connectivity index (χ0n) is 11.9. The molecule has 0 fully saturated rings. The maximum atomic E-state index is 12.0. The van der Waals surface area contributed by atoms with Crippen LogP contribution in [-0.2, 0) is 0 Å². The van der Waals surface area contributed by atoms with Gasteiger partial charge >= 0.3 is 0 Å². The Morgan fingerprint density at radius 1 is 1.25 bits per heavy atom. The lowest BCUT2D eigenvalue weighted by Gasteiger charge is -2.12. The summed E-state index contributed by atoms with van der Waals surface area (Å²) in [5.41, 5.74) is 4.20. The van der Waals surface area contributed by atoms with Crippen molar-refractivity contribution in [3.05, 3.63) is 44.7 Å². The molecule has 0 radical (unpaired) electrons. The van der Waals surface area contributed by atoms with E-state index < -0.39 is 0 Å². The Bertz CT molecular complexity index is 749. The van der Waals surface area contributed by atoms with E-state index in [2.05, 4.69) is 9.97 Å². The Hall–Kier alpha value is -2.06. The molecule has 4 nitrogen and oxygen atoms in total. The summed E-state index contributed by atoms with van der Waals surface area (Å²) >= 11 is 1.35. The minimum atomic E-state index is -0.388. The second kappa shape index (κ2) is 5.51. The first-order chi connectivity index (χ1) is 9.47. The van der Waals surface area contributed by atoms with E-state index in [1.54, 1.807) is 0 Å².